The highest BCUT2D eigenvalue weighted by Gasteiger charge is 1.97. The Kier molecular flexibility index (Phi) is 2.21. The van der Waals surface area contributed by atoms with E-state index < -0.39 is 10.8 Å². The molecule has 4 heteroatoms. The second-order valence-corrected chi connectivity index (χ2v) is 3.63. The van der Waals surface area contributed by atoms with Gasteiger partial charge in [0.2, 0.25) is 0 Å². The average Bonchev–Trinajstić information content (AvgIpc) is 2.13. The first kappa shape index (κ1) is 7.47. The van der Waals surface area contributed by atoms with Gasteiger partial charge < -0.3 is 0 Å². The zero-order valence-corrected chi connectivity index (χ0v) is 6.89. The van der Waals surface area contributed by atoms with Gasteiger partial charge in [0.05, 0.1) is 11.4 Å². The van der Waals surface area contributed by atoms with Crippen LogP contribution in [0, 0.1) is 0 Å². The molecule has 1 unspecified atom stereocenters. The summed E-state index contributed by atoms with van der Waals surface area (Å²) >= 11 is 0. The zero-order chi connectivity index (χ0) is 7.56. The van der Waals surface area contributed by atoms with Crippen LogP contribution in [0.1, 0.15) is 5.69 Å². The van der Waals surface area contributed by atoms with E-state index in [1.807, 2.05) is 19.3 Å². The number of rotatable bonds is 2. The molecule has 0 spiro atoms. The van der Waals surface area contributed by atoms with Crippen LogP contribution >= 0.6 is 0 Å². The molecule has 0 saturated heterocycles. The maximum Gasteiger partial charge on any atom is 0.0749 e. The summed E-state index contributed by atoms with van der Waals surface area (Å²) in [4.78, 5) is 0. The lowest BCUT2D eigenvalue weighted by Gasteiger charge is -1.88. The summed E-state index contributed by atoms with van der Waals surface area (Å²) in [6.45, 7) is 0. The van der Waals surface area contributed by atoms with Crippen molar-refractivity contribution in [3.8, 4) is 0 Å². The Bertz CT molecular complexity index is 244. The first-order valence-corrected chi connectivity index (χ1v) is 4.70. The number of aromatic nitrogens is 2. The van der Waals surface area contributed by atoms with Crippen LogP contribution in [0.15, 0.2) is 12.3 Å². The Labute approximate surface area is 62.5 Å². The van der Waals surface area contributed by atoms with Gasteiger partial charge in [-0.15, -0.1) is 0 Å². The highest BCUT2D eigenvalue weighted by atomic mass is 32.2. The minimum atomic E-state index is -0.779. The lowest BCUT2D eigenvalue weighted by atomic mass is 10.5. The van der Waals surface area contributed by atoms with Crippen LogP contribution in [0.4, 0.5) is 0 Å². The van der Waals surface area contributed by atoms with Crippen molar-refractivity contribution in [1.29, 1.82) is 0 Å². The van der Waals surface area contributed by atoms with Crippen molar-refractivity contribution in [1.82, 2.24) is 9.78 Å². The van der Waals surface area contributed by atoms with Crippen molar-refractivity contribution in [2.75, 3.05) is 6.26 Å². The molecule has 3 nitrogen and oxygen atoms in total. The van der Waals surface area contributed by atoms with E-state index in [4.69, 9.17) is 0 Å². The van der Waals surface area contributed by atoms with Crippen molar-refractivity contribution in [2.45, 2.75) is 5.75 Å². The molecule has 56 valence electrons. The molecule has 1 aromatic rings. The lowest BCUT2D eigenvalue weighted by molar-refractivity contribution is 0.684. The van der Waals surface area contributed by atoms with E-state index in [9.17, 15) is 4.21 Å². The fourth-order valence-electron chi connectivity index (χ4n) is 0.748. The molecule has 0 N–H and O–H groups in total. The third kappa shape index (κ3) is 1.95. The van der Waals surface area contributed by atoms with Crippen LogP contribution in [-0.4, -0.2) is 20.2 Å². The molecular weight excluding hydrogens is 148 g/mol. The van der Waals surface area contributed by atoms with Crippen molar-refractivity contribution in [2.24, 2.45) is 7.05 Å². The molecule has 0 amide bonds. The largest absolute Gasteiger partial charge is 0.276 e. The van der Waals surface area contributed by atoms with E-state index in [2.05, 4.69) is 5.10 Å². The van der Waals surface area contributed by atoms with Crippen LogP contribution < -0.4 is 0 Å². The lowest BCUT2D eigenvalue weighted by Crippen LogP contribution is -1.95. The molecule has 0 radical (unpaired) electrons. The molecule has 1 heterocycles. The number of aryl methyl sites for hydroxylation is 1. The predicted molar refractivity (Wildman–Crippen MR) is 41.0 cm³/mol. The molecule has 0 aliphatic rings. The van der Waals surface area contributed by atoms with Crippen molar-refractivity contribution in [3.05, 3.63) is 18.0 Å². The Morgan fingerprint density at radius 3 is 2.90 bits per heavy atom. The molecule has 1 rings (SSSR count). The minimum absolute atomic E-state index is 0.556. The standard InChI is InChI=1S/C6H10N2OS/c1-8-4-3-6(7-8)5-10(2)9/h3-4H,5H2,1-2H3. The maximum atomic E-state index is 10.7. The number of hydrogen-bond acceptors (Lipinski definition) is 2. The van der Waals surface area contributed by atoms with Gasteiger partial charge in [-0.2, -0.15) is 5.10 Å². The van der Waals surface area contributed by atoms with Crippen molar-refractivity contribution >= 4 is 10.8 Å². The number of nitrogens with zero attached hydrogens (tertiary/aromatic N) is 2. The van der Waals surface area contributed by atoms with Gasteiger partial charge in [0, 0.05) is 30.3 Å². The molecule has 0 saturated carbocycles. The molecule has 0 fully saturated rings. The minimum Gasteiger partial charge on any atom is -0.276 e. The van der Waals surface area contributed by atoms with E-state index >= 15 is 0 Å². The highest BCUT2D eigenvalue weighted by Crippen LogP contribution is 1.96. The van der Waals surface area contributed by atoms with Gasteiger partial charge in [0.25, 0.3) is 0 Å². The molecular formula is C6H10N2OS. The average molecular weight is 158 g/mol. The normalized spacial score (nSPS) is 13.4. The Morgan fingerprint density at radius 1 is 1.80 bits per heavy atom. The summed E-state index contributed by atoms with van der Waals surface area (Å²) in [5.74, 6) is 0.556. The molecule has 1 aromatic heterocycles. The molecule has 10 heavy (non-hydrogen) atoms. The first-order valence-electron chi connectivity index (χ1n) is 2.97. The summed E-state index contributed by atoms with van der Waals surface area (Å²) < 4.78 is 12.4. The molecule has 0 aliphatic heterocycles. The van der Waals surface area contributed by atoms with Gasteiger partial charge in [-0.05, 0) is 6.07 Å². The Morgan fingerprint density at radius 2 is 2.50 bits per heavy atom. The molecule has 0 bridgehead atoms. The molecule has 0 aromatic carbocycles. The van der Waals surface area contributed by atoms with Crippen LogP contribution in [-0.2, 0) is 23.6 Å². The van der Waals surface area contributed by atoms with Crippen LogP contribution in [0.3, 0.4) is 0 Å². The van der Waals surface area contributed by atoms with E-state index in [1.54, 1.807) is 10.9 Å². The molecule has 0 aliphatic carbocycles. The van der Waals surface area contributed by atoms with Gasteiger partial charge in [-0.25, -0.2) is 0 Å². The predicted octanol–water partition coefficient (Wildman–Crippen LogP) is 0.299. The number of hydrogen-bond donors (Lipinski definition) is 0. The smallest absolute Gasteiger partial charge is 0.0749 e. The van der Waals surface area contributed by atoms with E-state index in [0.717, 1.165) is 5.69 Å². The fourth-order valence-corrected chi connectivity index (χ4v) is 1.32. The van der Waals surface area contributed by atoms with Crippen LogP contribution in [0.25, 0.3) is 0 Å². The van der Waals surface area contributed by atoms with Gasteiger partial charge >= 0.3 is 0 Å². The zero-order valence-electron chi connectivity index (χ0n) is 6.07. The second kappa shape index (κ2) is 2.96. The maximum absolute atomic E-state index is 10.7. The molecule has 1 atom stereocenters. The van der Waals surface area contributed by atoms with Gasteiger partial charge in [0.1, 0.15) is 0 Å². The van der Waals surface area contributed by atoms with Crippen molar-refractivity contribution < 1.29 is 4.21 Å². The third-order valence-electron chi connectivity index (χ3n) is 1.12. The summed E-state index contributed by atoms with van der Waals surface area (Å²) in [5, 5.41) is 4.07. The van der Waals surface area contributed by atoms with E-state index in [-0.39, 0.29) is 0 Å². The quantitative estimate of drug-likeness (QED) is 0.620. The summed E-state index contributed by atoms with van der Waals surface area (Å²) in [7, 11) is 1.07. The summed E-state index contributed by atoms with van der Waals surface area (Å²) in [6.07, 6.45) is 3.52. The van der Waals surface area contributed by atoms with Crippen LogP contribution in [0.2, 0.25) is 0 Å². The van der Waals surface area contributed by atoms with Gasteiger partial charge in [-0.1, -0.05) is 0 Å². The Balaban J connectivity index is 2.67. The first-order chi connectivity index (χ1) is 4.68. The summed E-state index contributed by atoms with van der Waals surface area (Å²) in [6, 6.07) is 1.88. The van der Waals surface area contributed by atoms with Crippen LogP contribution in [0.5, 0.6) is 0 Å². The summed E-state index contributed by atoms with van der Waals surface area (Å²) in [5.41, 5.74) is 0.892. The topological polar surface area (TPSA) is 34.9 Å². The van der Waals surface area contributed by atoms with Gasteiger partial charge in [0.15, 0.2) is 0 Å². The Hall–Kier alpha value is -0.640. The van der Waals surface area contributed by atoms with E-state index in [0.29, 0.717) is 5.75 Å². The van der Waals surface area contributed by atoms with Gasteiger partial charge in [-0.3, -0.25) is 8.89 Å². The van der Waals surface area contributed by atoms with E-state index in [1.165, 1.54) is 0 Å². The highest BCUT2D eigenvalue weighted by molar-refractivity contribution is 7.83. The second-order valence-electron chi connectivity index (χ2n) is 2.20. The fraction of sp³-hybridized carbons (Fsp3) is 0.500. The monoisotopic (exact) mass is 158 g/mol. The SMILES string of the molecule is Cn1ccc(CS(C)=O)n1. The van der Waals surface area contributed by atoms with Crippen molar-refractivity contribution in [3.63, 3.8) is 0 Å². The third-order valence-corrected chi connectivity index (χ3v) is 1.82.